The van der Waals surface area contributed by atoms with Gasteiger partial charge in [-0.3, -0.25) is 14.4 Å². The average Bonchev–Trinajstić information content (AvgIpc) is 3.03. The van der Waals surface area contributed by atoms with Crippen LogP contribution in [-0.2, 0) is 20.8 Å². The highest BCUT2D eigenvalue weighted by atomic mass is 16.4. The topological polar surface area (TPSA) is 77.9 Å². The number of carboxylic acids is 1. The number of rotatable bonds is 4. The van der Waals surface area contributed by atoms with Crippen molar-refractivity contribution in [2.45, 2.75) is 32.1 Å². The number of fused-ring (bicyclic) bond motifs is 1. The number of carbonyl (C=O) groups excluding carboxylic acids is 2. The lowest BCUT2D eigenvalue weighted by molar-refractivity contribution is -0.146. The Balaban J connectivity index is 1.53. The maximum absolute atomic E-state index is 12.4. The highest BCUT2D eigenvalue weighted by molar-refractivity contribution is 5.97. The van der Waals surface area contributed by atoms with Crippen LogP contribution in [0.3, 0.4) is 0 Å². The number of para-hydroxylation sites is 1. The minimum absolute atomic E-state index is 0.0416. The molecule has 0 aliphatic carbocycles. The molecule has 0 saturated carbocycles. The molecule has 0 radical (unpaired) electrons. The summed E-state index contributed by atoms with van der Waals surface area (Å²) in [6.07, 6.45) is 2.48. The molecule has 0 bridgehead atoms. The van der Waals surface area contributed by atoms with E-state index in [2.05, 4.69) is 0 Å². The van der Waals surface area contributed by atoms with Crippen LogP contribution < -0.4 is 4.90 Å². The van der Waals surface area contributed by atoms with E-state index >= 15 is 0 Å². The predicted molar refractivity (Wildman–Crippen MR) is 88.7 cm³/mol. The Labute approximate surface area is 141 Å². The Bertz CT molecular complexity index is 658. The summed E-state index contributed by atoms with van der Waals surface area (Å²) in [5.41, 5.74) is 2.11. The van der Waals surface area contributed by atoms with E-state index in [-0.39, 0.29) is 31.2 Å². The van der Waals surface area contributed by atoms with Crippen molar-refractivity contribution in [3.63, 3.8) is 0 Å². The Morgan fingerprint density at radius 2 is 1.83 bits per heavy atom. The minimum Gasteiger partial charge on any atom is -0.481 e. The van der Waals surface area contributed by atoms with E-state index < -0.39 is 11.9 Å². The van der Waals surface area contributed by atoms with Crippen LogP contribution in [0.1, 0.15) is 31.2 Å². The second kappa shape index (κ2) is 7.03. The van der Waals surface area contributed by atoms with Crippen molar-refractivity contribution in [1.29, 1.82) is 0 Å². The van der Waals surface area contributed by atoms with Crippen LogP contribution in [0.15, 0.2) is 24.3 Å². The van der Waals surface area contributed by atoms with E-state index in [0.717, 1.165) is 17.7 Å². The summed E-state index contributed by atoms with van der Waals surface area (Å²) in [4.78, 5) is 39.1. The monoisotopic (exact) mass is 330 g/mol. The van der Waals surface area contributed by atoms with Crippen LogP contribution in [0.4, 0.5) is 5.69 Å². The molecule has 128 valence electrons. The second-order valence-corrected chi connectivity index (χ2v) is 6.44. The predicted octanol–water partition coefficient (Wildman–Crippen LogP) is 1.68. The molecule has 1 saturated heterocycles. The highest BCUT2D eigenvalue weighted by Gasteiger charge is 2.29. The number of likely N-dealkylation sites (tertiary alicyclic amines) is 1. The van der Waals surface area contributed by atoms with Crippen LogP contribution in [0.2, 0.25) is 0 Å². The molecule has 24 heavy (non-hydrogen) atoms. The van der Waals surface area contributed by atoms with E-state index in [1.807, 2.05) is 24.3 Å². The lowest BCUT2D eigenvalue weighted by atomic mass is 9.98. The molecule has 0 spiro atoms. The van der Waals surface area contributed by atoms with Crippen molar-refractivity contribution in [1.82, 2.24) is 4.90 Å². The molecular formula is C18H22N2O4. The summed E-state index contributed by atoms with van der Waals surface area (Å²) in [7, 11) is 0. The Morgan fingerprint density at radius 3 is 2.62 bits per heavy atom. The van der Waals surface area contributed by atoms with Gasteiger partial charge < -0.3 is 14.9 Å². The van der Waals surface area contributed by atoms with Gasteiger partial charge in [0, 0.05) is 38.2 Å². The summed E-state index contributed by atoms with van der Waals surface area (Å²) in [6, 6.07) is 7.83. The SMILES string of the molecule is O=C(O)[C@H]1CCCN(C(=O)CCC(=O)N2CCc3ccccc32)C1. The molecule has 6 heteroatoms. The Hall–Kier alpha value is -2.37. The summed E-state index contributed by atoms with van der Waals surface area (Å²) in [6.45, 7) is 1.51. The first-order valence-electron chi connectivity index (χ1n) is 8.45. The van der Waals surface area contributed by atoms with E-state index in [9.17, 15) is 14.4 Å². The molecule has 1 fully saturated rings. The second-order valence-electron chi connectivity index (χ2n) is 6.44. The van der Waals surface area contributed by atoms with Gasteiger partial charge in [-0.15, -0.1) is 0 Å². The molecule has 1 atom stereocenters. The van der Waals surface area contributed by atoms with Gasteiger partial charge in [-0.2, -0.15) is 0 Å². The molecular weight excluding hydrogens is 308 g/mol. The van der Waals surface area contributed by atoms with Gasteiger partial charge >= 0.3 is 5.97 Å². The van der Waals surface area contributed by atoms with E-state index in [0.29, 0.717) is 25.9 Å². The zero-order chi connectivity index (χ0) is 17.1. The Morgan fingerprint density at radius 1 is 1.08 bits per heavy atom. The zero-order valence-electron chi connectivity index (χ0n) is 13.6. The van der Waals surface area contributed by atoms with Crippen molar-refractivity contribution in [3.05, 3.63) is 29.8 Å². The molecule has 1 aromatic carbocycles. The lowest BCUT2D eigenvalue weighted by Crippen LogP contribution is -2.42. The first-order valence-corrected chi connectivity index (χ1v) is 8.45. The molecule has 3 rings (SSSR count). The highest BCUT2D eigenvalue weighted by Crippen LogP contribution is 2.28. The molecule has 2 aliphatic rings. The standard InChI is InChI=1S/C18H22N2O4/c21-16(19-10-3-5-14(12-19)18(23)24)7-8-17(22)20-11-9-13-4-1-2-6-15(13)20/h1-2,4,6,14H,3,5,7-12H2,(H,23,24)/t14-/m0/s1. The van der Waals surface area contributed by atoms with Gasteiger partial charge in [-0.25, -0.2) is 0 Å². The van der Waals surface area contributed by atoms with Gasteiger partial charge in [0.05, 0.1) is 5.92 Å². The number of anilines is 1. The first-order chi connectivity index (χ1) is 11.6. The zero-order valence-corrected chi connectivity index (χ0v) is 13.6. The third-order valence-corrected chi connectivity index (χ3v) is 4.86. The van der Waals surface area contributed by atoms with E-state index in [1.54, 1.807) is 9.80 Å². The van der Waals surface area contributed by atoms with Crippen molar-refractivity contribution in [3.8, 4) is 0 Å². The maximum Gasteiger partial charge on any atom is 0.308 e. The molecule has 2 heterocycles. The number of nitrogens with zero attached hydrogens (tertiary/aromatic N) is 2. The average molecular weight is 330 g/mol. The number of hydrogen-bond acceptors (Lipinski definition) is 3. The summed E-state index contributed by atoms with van der Waals surface area (Å²) < 4.78 is 0. The van der Waals surface area contributed by atoms with Gasteiger partial charge in [0.15, 0.2) is 0 Å². The molecule has 2 amide bonds. The molecule has 2 aliphatic heterocycles. The fourth-order valence-electron chi connectivity index (χ4n) is 3.51. The minimum atomic E-state index is -0.850. The molecule has 1 aromatic rings. The van der Waals surface area contributed by atoms with Crippen LogP contribution in [0.5, 0.6) is 0 Å². The molecule has 0 aromatic heterocycles. The van der Waals surface area contributed by atoms with Crippen molar-refractivity contribution in [2.24, 2.45) is 5.92 Å². The summed E-state index contributed by atoms with van der Waals surface area (Å²) >= 11 is 0. The van der Waals surface area contributed by atoms with Crippen LogP contribution in [0, 0.1) is 5.92 Å². The van der Waals surface area contributed by atoms with Gasteiger partial charge in [-0.05, 0) is 30.9 Å². The number of amides is 2. The number of carbonyl (C=O) groups is 3. The number of aliphatic carboxylic acids is 1. The van der Waals surface area contributed by atoms with Crippen LogP contribution >= 0.6 is 0 Å². The van der Waals surface area contributed by atoms with Gasteiger partial charge in [0.2, 0.25) is 11.8 Å². The quantitative estimate of drug-likeness (QED) is 0.911. The number of carboxylic acid groups (broad SMARTS) is 1. The fraction of sp³-hybridized carbons (Fsp3) is 0.500. The van der Waals surface area contributed by atoms with E-state index in [4.69, 9.17) is 5.11 Å². The van der Waals surface area contributed by atoms with Crippen molar-refractivity contribution in [2.75, 3.05) is 24.5 Å². The third-order valence-electron chi connectivity index (χ3n) is 4.86. The number of piperidine rings is 1. The molecule has 1 N–H and O–H groups in total. The summed E-state index contributed by atoms with van der Waals surface area (Å²) in [5, 5.41) is 9.09. The number of hydrogen-bond donors (Lipinski definition) is 1. The lowest BCUT2D eigenvalue weighted by Gasteiger charge is -2.30. The van der Waals surface area contributed by atoms with Gasteiger partial charge in [0.25, 0.3) is 0 Å². The largest absolute Gasteiger partial charge is 0.481 e. The number of benzene rings is 1. The van der Waals surface area contributed by atoms with Crippen LogP contribution in [-0.4, -0.2) is 47.4 Å². The van der Waals surface area contributed by atoms with Gasteiger partial charge in [0.1, 0.15) is 0 Å². The van der Waals surface area contributed by atoms with Crippen molar-refractivity contribution < 1.29 is 19.5 Å². The van der Waals surface area contributed by atoms with Crippen molar-refractivity contribution >= 4 is 23.5 Å². The Kier molecular flexibility index (Phi) is 4.83. The first kappa shape index (κ1) is 16.5. The summed E-state index contributed by atoms with van der Waals surface area (Å²) in [5.74, 6) is -1.50. The smallest absolute Gasteiger partial charge is 0.308 e. The molecule has 0 unspecified atom stereocenters. The fourth-order valence-corrected chi connectivity index (χ4v) is 3.51. The maximum atomic E-state index is 12.4. The normalized spacial score (nSPS) is 19.9. The van der Waals surface area contributed by atoms with E-state index in [1.165, 1.54) is 0 Å². The van der Waals surface area contributed by atoms with Crippen LogP contribution in [0.25, 0.3) is 0 Å². The van der Waals surface area contributed by atoms with Gasteiger partial charge in [-0.1, -0.05) is 18.2 Å². The third kappa shape index (κ3) is 3.42. The molecule has 6 nitrogen and oxygen atoms in total.